The van der Waals surface area contributed by atoms with E-state index in [-0.39, 0.29) is 5.41 Å². The van der Waals surface area contributed by atoms with Crippen LogP contribution >= 0.6 is 0 Å². The third kappa shape index (κ3) is 1.57. The van der Waals surface area contributed by atoms with E-state index in [1.807, 2.05) is 0 Å². The fourth-order valence-electron chi connectivity index (χ4n) is 3.21. The third-order valence-corrected chi connectivity index (χ3v) is 4.44. The van der Waals surface area contributed by atoms with Crippen LogP contribution < -0.4 is 10.1 Å². The number of rotatable bonds is 3. The summed E-state index contributed by atoms with van der Waals surface area (Å²) in [5.74, 6) is 1.73. The van der Waals surface area contributed by atoms with Gasteiger partial charge in [-0.25, -0.2) is 0 Å². The first kappa shape index (κ1) is 12.0. The number of nitrogens with one attached hydrogen (secondary N) is 1. The maximum absolute atomic E-state index is 5.66. The Balaban J connectivity index is 2.09. The van der Waals surface area contributed by atoms with Gasteiger partial charge in [0.1, 0.15) is 5.75 Å². The summed E-state index contributed by atoms with van der Waals surface area (Å²) in [4.78, 5) is 0. The maximum Gasteiger partial charge on any atom is 0.125 e. The van der Waals surface area contributed by atoms with Crippen LogP contribution in [0.1, 0.15) is 16.7 Å². The molecule has 1 N–H and O–H groups in total. The highest BCUT2D eigenvalue weighted by Gasteiger charge is 2.50. The monoisotopic (exact) mass is 247 g/mol. The van der Waals surface area contributed by atoms with E-state index in [9.17, 15) is 0 Å². The van der Waals surface area contributed by atoms with Gasteiger partial charge in [-0.05, 0) is 25.3 Å². The summed E-state index contributed by atoms with van der Waals surface area (Å²) in [6.07, 6.45) is 0. The second-order valence-corrected chi connectivity index (χ2v) is 5.67. The molecule has 2 aliphatic heterocycles. The van der Waals surface area contributed by atoms with Crippen molar-refractivity contribution in [2.45, 2.75) is 19.3 Å². The average molecular weight is 247 g/mol. The summed E-state index contributed by atoms with van der Waals surface area (Å²) in [7, 11) is 1.77. The number of hydrogen-bond acceptors (Lipinski definition) is 3. The Morgan fingerprint density at radius 3 is 2.44 bits per heavy atom. The summed E-state index contributed by atoms with van der Waals surface area (Å²) in [5.41, 5.74) is 4.06. The predicted molar refractivity (Wildman–Crippen MR) is 71.3 cm³/mol. The minimum Gasteiger partial charge on any atom is -0.496 e. The summed E-state index contributed by atoms with van der Waals surface area (Å²) in [5, 5.41) is 3.38. The van der Waals surface area contributed by atoms with E-state index in [1.165, 1.54) is 16.7 Å². The van der Waals surface area contributed by atoms with Crippen LogP contribution in [0.4, 0.5) is 0 Å². The lowest BCUT2D eigenvalue weighted by Gasteiger charge is -2.52. The molecule has 2 fully saturated rings. The summed E-state index contributed by atoms with van der Waals surface area (Å²) >= 11 is 0. The molecule has 3 nitrogen and oxygen atoms in total. The number of hydrogen-bond donors (Lipinski definition) is 1. The second kappa shape index (κ2) is 4.25. The van der Waals surface area contributed by atoms with Gasteiger partial charge in [0.05, 0.1) is 25.7 Å². The average Bonchev–Trinajstić information content (AvgIpc) is 2.19. The number of ether oxygens (including phenoxy) is 2. The van der Waals surface area contributed by atoms with Crippen LogP contribution in [0, 0.1) is 19.8 Å². The zero-order valence-corrected chi connectivity index (χ0v) is 11.4. The zero-order chi connectivity index (χ0) is 12.8. The first-order chi connectivity index (χ1) is 8.67. The van der Waals surface area contributed by atoms with Gasteiger partial charge in [0.15, 0.2) is 0 Å². The molecule has 0 spiro atoms. The van der Waals surface area contributed by atoms with Crippen molar-refractivity contribution in [1.29, 1.82) is 0 Å². The van der Waals surface area contributed by atoms with Crippen LogP contribution in [0.3, 0.4) is 0 Å². The summed E-state index contributed by atoms with van der Waals surface area (Å²) in [6, 6.07) is 4.47. The molecule has 1 aromatic rings. The first-order valence-electron chi connectivity index (χ1n) is 6.61. The van der Waals surface area contributed by atoms with Crippen LogP contribution in [0.2, 0.25) is 0 Å². The highest BCUT2D eigenvalue weighted by molar-refractivity contribution is 5.49. The van der Waals surface area contributed by atoms with Crippen LogP contribution in [-0.4, -0.2) is 33.4 Å². The Morgan fingerprint density at radius 1 is 1.28 bits per heavy atom. The lowest BCUT2D eigenvalue weighted by molar-refractivity contribution is -0.102. The van der Waals surface area contributed by atoms with Crippen molar-refractivity contribution in [2.75, 3.05) is 33.4 Å². The lowest BCUT2D eigenvalue weighted by Crippen LogP contribution is -2.62. The molecule has 3 rings (SSSR count). The standard InChI is InChI=1S/C15H21NO2/c1-10-4-11(2)14(17-3)13(5-10)15(8-18-9-15)12-6-16-7-12/h4-5,12,16H,6-9H2,1-3H3. The van der Waals surface area contributed by atoms with Gasteiger partial charge >= 0.3 is 0 Å². The molecule has 0 saturated carbocycles. The minimum absolute atomic E-state index is 0.174. The Kier molecular flexibility index (Phi) is 2.83. The lowest BCUT2D eigenvalue weighted by atomic mass is 9.65. The second-order valence-electron chi connectivity index (χ2n) is 5.67. The van der Waals surface area contributed by atoms with Crippen molar-refractivity contribution in [3.05, 3.63) is 28.8 Å². The van der Waals surface area contributed by atoms with Crippen molar-refractivity contribution < 1.29 is 9.47 Å². The molecule has 1 aromatic carbocycles. The van der Waals surface area contributed by atoms with E-state index >= 15 is 0 Å². The SMILES string of the molecule is COc1c(C)cc(C)cc1C1(C2CNC2)COC1. The molecule has 0 atom stereocenters. The fraction of sp³-hybridized carbons (Fsp3) is 0.600. The van der Waals surface area contributed by atoms with E-state index in [0.29, 0.717) is 5.92 Å². The molecule has 2 saturated heterocycles. The molecule has 0 aliphatic carbocycles. The summed E-state index contributed by atoms with van der Waals surface area (Å²) < 4.78 is 11.2. The van der Waals surface area contributed by atoms with Gasteiger partial charge in [0.2, 0.25) is 0 Å². The quantitative estimate of drug-likeness (QED) is 0.883. The molecular weight excluding hydrogens is 226 g/mol. The van der Waals surface area contributed by atoms with E-state index in [1.54, 1.807) is 7.11 Å². The summed E-state index contributed by atoms with van der Waals surface area (Å²) in [6.45, 7) is 8.14. The largest absolute Gasteiger partial charge is 0.496 e. The van der Waals surface area contributed by atoms with Crippen molar-refractivity contribution in [3.8, 4) is 5.75 Å². The Bertz CT molecular complexity index is 462. The highest BCUT2D eigenvalue weighted by Crippen LogP contribution is 2.46. The molecule has 0 aromatic heterocycles. The van der Waals surface area contributed by atoms with Crippen LogP contribution in [0.25, 0.3) is 0 Å². The van der Waals surface area contributed by atoms with Crippen molar-refractivity contribution in [2.24, 2.45) is 5.92 Å². The van der Waals surface area contributed by atoms with E-state index < -0.39 is 0 Å². The van der Waals surface area contributed by atoms with E-state index in [4.69, 9.17) is 9.47 Å². The van der Waals surface area contributed by atoms with E-state index in [2.05, 4.69) is 31.3 Å². The number of aryl methyl sites for hydroxylation is 2. The zero-order valence-electron chi connectivity index (χ0n) is 11.4. The molecule has 2 heterocycles. The molecule has 0 unspecified atom stereocenters. The van der Waals surface area contributed by atoms with E-state index in [0.717, 1.165) is 32.1 Å². The van der Waals surface area contributed by atoms with Crippen molar-refractivity contribution in [1.82, 2.24) is 5.32 Å². The van der Waals surface area contributed by atoms with Gasteiger partial charge in [0, 0.05) is 18.7 Å². The van der Waals surface area contributed by atoms with Gasteiger partial charge < -0.3 is 14.8 Å². The molecule has 0 bridgehead atoms. The van der Waals surface area contributed by atoms with Crippen LogP contribution in [0.5, 0.6) is 5.75 Å². The predicted octanol–water partition coefficient (Wildman–Crippen LogP) is 1.80. The van der Waals surface area contributed by atoms with Crippen LogP contribution in [-0.2, 0) is 10.2 Å². The Morgan fingerprint density at radius 2 is 2.00 bits per heavy atom. The van der Waals surface area contributed by atoms with Gasteiger partial charge in [-0.2, -0.15) is 0 Å². The highest BCUT2D eigenvalue weighted by atomic mass is 16.5. The molecule has 0 amide bonds. The molecule has 18 heavy (non-hydrogen) atoms. The smallest absolute Gasteiger partial charge is 0.125 e. The maximum atomic E-state index is 5.66. The number of methoxy groups -OCH3 is 1. The molecule has 98 valence electrons. The van der Waals surface area contributed by atoms with Gasteiger partial charge in [-0.1, -0.05) is 17.7 Å². The number of benzene rings is 1. The van der Waals surface area contributed by atoms with Crippen LogP contribution in [0.15, 0.2) is 12.1 Å². The molecule has 2 aliphatic rings. The topological polar surface area (TPSA) is 30.5 Å². The Hall–Kier alpha value is -1.06. The Labute approximate surface area is 108 Å². The van der Waals surface area contributed by atoms with Gasteiger partial charge in [-0.15, -0.1) is 0 Å². The minimum atomic E-state index is 0.174. The normalized spacial score (nSPS) is 22.2. The third-order valence-electron chi connectivity index (χ3n) is 4.44. The molecule has 0 radical (unpaired) electrons. The van der Waals surface area contributed by atoms with Gasteiger partial charge in [0.25, 0.3) is 0 Å². The fourth-order valence-corrected chi connectivity index (χ4v) is 3.21. The molecule has 3 heteroatoms. The van der Waals surface area contributed by atoms with Gasteiger partial charge in [-0.3, -0.25) is 0 Å². The molecular formula is C15H21NO2. The first-order valence-corrected chi connectivity index (χ1v) is 6.61. The van der Waals surface area contributed by atoms with Crippen molar-refractivity contribution >= 4 is 0 Å². The van der Waals surface area contributed by atoms with Crippen molar-refractivity contribution in [3.63, 3.8) is 0 Å².